The van der Waals surface area contributed by atoms with Crippen LogP contribution in [0.15, 0.2) is 41.3 Å². The first-order valence-electron chi connectivity index (χ1n) is 11.0. The Balaban J connectivity index is 1.42. The van der Waals surface area contributed by atoms with Crippen LogP contribution in [0.1, 0.15) is 29.5 Å². The zero-order valence-electron chi connectivity index (χ0n) is 19.0. The molecule has 0 amide bonds. The second-order valence-corrected chi connectivity index (χ2v) is 11.9. The number of halogens is 1. The smallest absolute Gasteiger partial charge is 0.236 e. The van der Waals surface area contributed by atoms with Crippen molar-refractivity contribution >= 4 is 65.3 Å². The van der Waals surface area contributed by atoms with E-state index in [4.69, 9.17) is 11.6 Å². The van der Waals surface area contributed by atoms with Gasteiger partial charge in [-0.2, -0.15) is 9.36 Å². The topological polar surface area (TPSA) is 85.2 Å². The number of hydrogen-bond donors (Lipinski definition) is 2. The number of nitrogens with zero attached hydrogens (tertiary/aromatic N) is 4. The molecule has 2 unspecified atom stereocenters. The summed E-state index contributed by atoms with van der Waals surface area (Å²) in [4.78, 5) is 9.49. The van der Waals surface area contributed by atoms with Gasteiger partial charge in [-0.25, -0.2) is 4.21 Å². The van der Waals surface area contributed by atoms with Crippen LogP contribution in [0.4, 0.5) is 10.8 Å². The van der Waals surface area contributed by atoms with E-state index in [-0.39, 0.29) is 10.8 Å². The predicted octanol–water partition coefficient (Wildman–Crippen LogP) is 4.12. The molecule has 7 nitrogen and oxygen atoms in total. The average Bonchev–Trinajstić information content (AvgIpc) is 3.40. The summed E-state index contributed by atoms with van der Waals surface area (Å²) in [5.41, 5.74) is 3.52. The Labute approximate surface area is 213 Å². The summed E-state index contributed by atoms with van der Waals surface area (Å²) in [5.74, 6) is 0.471. The van der Waals surface area contributed by atoms with Crippen molar-refractivity contribution in [3.05, 3.63) is 58.4 Å². The molecule has 1 aliphatic heterocycles. The van der Waals surface area contributed by atoms with Gasteiger partial charge in [-0.15, -0.1) is 9.24 Å². The first-order valence-corrected chi connectivity index (χ1v) is 13.9. The average molecular weight is 533 g/mol. The number of anilines is 2. The molecule has 178 valence electrons. The number of aromatic nitrogens is 2. The minimum Gasteiger partial charge on any atom is -0.347 e. The number of nitrogens with one attached hydrogen (secondary N) is 2. The van der Waals surface area contributed by atoms with E-state index in [9.17, 15) is 9.62 Å². The van der Waals surface area contributed by atoms with E-state index < -0.39 is 11.0 Å². The lowest BCUT2D eigenvalue weighted by atomic mass is 10.0. The number of aryl methyl sites for hydroxylation is 2. The van der Waals surface area contributed by atoms with E-state index in [2.05, 4.69) is 33.1 Å². The van der Waals surface area contributed by atoms with Crippen molar-refractivity contribution in [3.8, 4) is 0 Å². The summed E-state index contributed by atoms with van der Waals surface area (Å²) in [6, 6.07) is 11.7. The molecule has 2 aromatic carbocycles. The maximum atomic E-state index is 13.1. The third-order valence-corrected chi connectivity index (χ3v) is 8.93. The number of rotatable bonds is 5. The van der Waals surface area contributed by atoms with Crippen LogP contribution in [0.2, 0.25) is 5.28 Å². The molecule has 0 radical (unpaired) electrons. The summed E-state index contributed by atoms with van der Waals surface area (Å²) in [6.07, 6.45) is 2.05. The minimum absolute atomic E-state index is 0.0903. The summed E-state index contributed by atoms with van der Waals surface area (Å²) < 4.78 is 20.4. The van der Waals surface area contributed by atoms with Crippen LogP contribution in [0.5, 0.6) is 0 Å². The fraction of sp³-hybridized carbons (Fsp3) is 0.348. The van der Waals surface area contributed by atoms with Crippen molar-refractivity contribution in [2.45, 2.75) is 37.1 Å². The van der Waals surface area contributed by atoms with Gasteiger partial charge in [0.1, 0.15) is 16.8 Å². The van der Waals surface area contributed by atoms with Crippen LogP contribution in [0.3, 0.4) is 0 Å². The van der Waals surface area contributed by atoms with Gasteiger partial charge in [0.2, 0.25) is 10.4 Å². The van der Waals surface area contributed by atoms with Crippen molar-refractivity contribution in [3.63, 3.8) is 0 Å². The van der Waals surface area contributed by atoms with Gasteiger partial charge in [-0.1, -0.05) is 23.8 Å². The highest BCUT2D eigenvalue weighted by molar-refractivity contribution is 7.86. The van der Waals surface area contributed by atoms with Crippen LogP contribution < -0.4 is 14.9 Å². The second kappa shape index (κ2) is 9.19. The Bertz CT molecular complexity index is 1280. The first kappa shape index (κ1) is 23.7. The number of hydrogen-bond acceptors (Lipinski definition) is 6. The molecule has 3 aromatic rings. The fourth-order valence-electron chi connectivity index (χ4n) is 4.55. The Hall–Kier alpha value is -2.06. The summed E-state index contributed by atoms with van der Waals surface area (Å²) in [7, 11) is 1.28. The van der Waals surface area contributed by atoms with Crippen LogP contribution in [0.25, 0.3) is 0 Å². The highest BCUT2D eigenvalue weighted by Crippen LogP contribution is 2.46. The zero-order chi connectivity index (χ0) is 24.0. The first-order chi connectivity index (χ1) is 16.3. The molecule has 0 bridgehead atoms. The largest absolute Gasteiger partial charge is 0.347 e. The molecule has 1 aromatic heterocycles. The van der Waals surface area contributed by atoms with Gasteiger partial charge in [0, 0.05) is 36.7 Å². The normalized spacial score (nSPS) is 17.6. The van der Waals surface area contributed by atoms with Crippen LogP contribution in [-0.4, -0.2) is 49.5 Å². The number of amidine groups is 1. The van der Waals surface area contributed by atoms with Crippen molar-refractivity contribution < 1.29 is 4.21 Å². The molecule has 1 aliphatic carbocycles. The van der Waals surface area contributed by atoms with E-state index >= 15 is 0 Å². The Morgan fingerprint density at radius 1 is 1.24 bits per heavy atom. The number of benzene rings is 2. The van der Waals surface area contributed by atoms with Crippen LogP contribution in [-0.2, 0) is 11.0 Å². The molecule has 11 heteroatoms. The standard InChI is InChI=1S/C23H26ClN6OPS2/c1-14-3-5-17(6-4-14)34(31)28-18-12-16(32)11-15(2)19(18)20(25)30-10-9-29(13-23(30)7-8-23)22-26-21(24)27-33-22/h3-6,11-12,25,28H,7-10,13,32H2,1-2H3. The molecule has 1 saturated carbocycles. The lowest BCUT2D eigenvalue weighted by molar-refractivity contribution is 0.259. The lowest BCUT2D eigenvalue weighted by Crippen LogP contribution is -2.57. The minimum atomic E-state index is -1.43. The van der Waals surface area contributed by atoms with Gasteiger partial charge in [0.05, 0.1) is 16.1 Å². The Morgan fingerprint density at radius 3 is 2.62 bits per heavy atom. The van der Waals surface area contributed by atoms with Gasteiger partial charge >= 0.3 is 0 Å². The van der Waals surface area contributed by atoms with Gasteiger partial charge in [0.15, 0.2) is 0 Å². The van der Waals surface area contributed by atoms with Gasteiger partial charge in [-0.3, -0.25) is 5.41 Å². The molecule has 5 rings (SSSR count). The van der Waals surface area contributed by atoms with E-state index in [1.165, 1.54) is 11.5 Å². The van der Waals surface area contributed by atoms with Crippen molar-refractivity contribution in [1.29, 1.82) is 5.41 Å². The lowest BCUT2D eigenvalue weighted by Gasteiger charge is -2.43. The third-order valence-electron chi connectivity index (χ3n) is 6.44. The highest BCUT2D eigenvalue weighted by Gasteiger charge is 2.53. The predicted molar refractivity (Wildman–Crippen MR) is 144 cm³/mol. The maximum Gasteiger partial charge on any atom is 0.236 e. The van der Waals surface area contributed by atoms with Gasteiger partial charge < -0.3 is 14.5 Å². The quantitative estimate of drug-likeness (QED) is 0.293. The van der Waals surface area contributed by atoms with Crippen LogP contribution in [0, 0.1) is 19.3 Å². The van der Waals surface area contributed by atoms with E-state index in [0.29, 0.717) is 23.0 Å². The van der Waals surface area contributed by atoms with E-state index in [1.807, 2.05) is 50.2 Å². The number of piperazine rings is 1. The van der Waals surface area contributed by atoms with Crippen molar-refractivity contribution in [2.75, 3.05) is 29.3 Å². The Morgan fingerprint density at radius 2 is 1.97 bits per heavy atom. The summed E-state index contributed by atoms with van der Waals surface area (Å²) in [6.45, 7) is 6.26. The fourth-order valence-corrected chi connectivity index (χ4v) is 6.66. The third kappa shape index (κ3) is 4.59. The molecule has 2 atom stereocenters. The summed E-state index contributed by atoms with van der Waals surface area (Å²) in [5, 5.41) is 11.3. The molecule has 1 saturated heterocycles. The van der Waals surface area contributed by atoms with Crippen LogP contribution >= 0.6 is 32.4 Å². The Kier molecular flexibility index (Phi) is 6.40. The molecule has 34 heavy (non-hydrogen) atoms. The molecular weight excluding hydrogens is 507 g/mol. The molecule has 2 N–H and O–H groups in total. The van der Waals surface area contributed by atoms with E-state index in [0.717, 1.165) is 53.1 Å². The molecule has 1 spiro atoms. The molecule has 2 heterocycles. The van der Waals surface area contributed by atoms with Crippen molar-refractivity contribution in [2.24, 2.45) is 0 Å². The second-order valence-electron chi connectivity index (χ2n) is 8.94. The van der Waals surface area contributed by atoms with Gasteiger partial charge in [0.25, 0.3) is 0 Å². The highest BCUT2D eigenvalue weighted by atomic mass is 35.5. The molecular formula is C23H26ClN6OPS2. The monoisotopic (exact) mass is 532 g/mol. The van der Waals surface area contributed by atoms with E-state index in [1.54, 1.807) is 0 Å². The summed E-state index contributed by atoms with van der Waals surface area (Å²) >= 11 is 7.27. The van der Waals surface area contributed by atoms with Gasteiger partial charge in [-0.05, 0) is 67.4 Å². The maximum absolute atomic E-state index is 13.1. The SMILES string of the molecule is Cc1ccc(S(=O)Nc2cc(P)cc(C)c2C(=N)N2CCN(c3nc(Cl)ns3)CC23CC3)cc1. The zero-order valence-corrected chi connectivity index (χ0v) is 22.5. The van der Waals surface area contributed by atoms with Crippen molar-refractivity contribution in [1.82, 2.24) is 14.3 Å². The molecule has 2 fully saturated rings. The molecule has 2 aliphatic rings.